The fourth-order valence-corrected chi connectivity index (χ4v) is 1.18. The molecule has 0 aliphatic carbocycles. The summed E-state index contributed by atoms with van der Waals surface area (Å²) >= 11 is 0. The number of nitrogens with one attached hydrogen (secondary N) is 1. The lowest BCUT2D eigenvalue weighted by atomic mass is 10.2. The average molecular weight is 230 g/mol. The number of methoxy groups -OCH3 is 1. The number of rotatable bonds is 5. The van der Waals surface area contributed by atoms with Gasteiger partial charge >= 0.3 is 0 Å². The molecule has 0 spiro atoms. The van der Waals surface area contributed by atoms with Gasteiger partial charge in [-0.25, -0.2) is 0 Å². The van der Waals surface area contributed by atoms with Crippen LogP contribution in [-0.4, -0.2) is 13.2 Å². The summed E-state index contributed by atoms with van der Waals surface area (Å²) in [7, 11) is 1.69. The minimum atomic E-state index is 0. The van der Waals surface area contributed by atoms with Gasteiger partial charge in [0.05, 0.1) is 7.11 Å². The fourth-order valence-electron chi connectivity index (χ4n) is 1.18. The van der Waals surface area contributed by atoms with E-state index >= 15 is 0 Å². The lowest BCUT2D eigenvalue weighted by Crippen LogP contribution is -2.24. The minimum absolute atomic E-state index is 0. The Labute approximate surface area is 98.4 Å². The van der Waals surface area contributed by atoms with E-state index in [1.165, 1.54) is 5.56 Å². The van der Waals surface area contributed by atoms with Gasteiger partial charge < -0.3 is 10.1 Å². The maximum atomic E-state index is 5.10. The summed E-state index contributed by atoms with van der Waals surface area (Å²) in [5.74, 6) is 0.914. The number of halogens is 1. The van der Waals surface area contributed by atoms with Gasteiger partial charge in [0.2, 0.25) is 0 Å². The Balaban J connectivity index is 0.00000196. The molecule has 0 aromatic heterocycles. The van der Waals surface area contributed by atoms with E-state index in [0.717, 1.165) is 18.7 Å². The molecule has 0 heterocycles. The topological polar surface area (TPSA) is 21.3 Å². The van der Waals surface area contributed by atoms with Crippen LogP contribution in [0.5, 0.6) is 5.75 Å². The molecule has 1 N–H and O–H groups in total. The van der Waals surface area contributed by atoms with Crippen molar-refractivity contribution in [3.8, 4) is 5.75 Å². The predicted octanol–water partition coefficient (Wildman–Crippen LogP) is 3.01. The Morgan fingerprint density at radius 1 is 1.27 bits per heavy atom. The Hall–Kier alpha value is -0.730. The molecule has 0 aliphatic heterocycles. The largest absolute Gasteiger partial charge is 0.497 e. The second kappa shape index (κ2) is 7.55. The van der Waals surface area contributed by atoms with Gasteiger partial charge in [0.25, 0.3) is 0 Å². The summed E-state index contributed by atoms with van der Waals surface area (Å²) in [4.78, 5) is 0. The van der Waals surface area contributed by atoms with E-state index in [9.17, 15) is 0 Å². The van der Waals surface area contributed by atoms with Gasteiger partial charge in [0, 0.05) is 12.6 Å². The summed E-state index contributed by atoms with van der Waals surface area (Å²) in [6.07, 6.45) is 1.16. The normalized spacial score (nSPS) is 11.7. The molecule has 86 valence electrons. The zero-order valence-electron chi connectivity index (χ0n) is 9.62. The zero-order valence-corrected chi connectivity index (χ0v) is 10.4. The van der Waals surface area contributed by atoms with Crippen molar-refractivity contribution in [2.45, 2.75) is 32.9 Å². The Morgan fingerprint density at radius 2 is 1.87 bits per heavy atom. The van der Waals surface area contributed by atoms with Crippen LogP contribution in [0.1, 0.15) is 25.8 Å². The summed E-state index contributed by atoms with van der Waals surface area (Å²) in [6, 6.07) is 8.75. The first kappa shape index (κ1) is 14.3. The van der Waals surface area contributed by atoms with Crippen LogP contribution in [0.25, 0.3) is 0 Å². The Morgan fingerprint density at radius 3 is 2.33 bits per heavy atom. The van der Waals surface area contributed by atoms with E-state index in [4.69, 9.17) is 4.74 Å². The van der Waals surface area contributed by atoms with Crippen molar-refractivity contribution in [3.05, 3.63) is 29.8 Å². The zero-order chi connectivity index (χ0) is 10.4. The molecule has 0 fully saturated rings. The van der Waals surface area contributed by atoms with Gasteiger partial charge in [-0.1, -0.05) is 19.1 Å². The van der Waals surface area contributed by atoms with Crippen molar-refractivity contribution in [3.63, 3.8) is 0 Å². The molecule has 1 aromatic carbocycles. The molecule has 0 saturated heterocycles. The van der Waals surface area contributed by atoms with Crippen LogP contribution in [-0.2, 0) is 6.54 Å². The third-order valence-corrected chi connectivity index (χ3v) is 2.43. The standard InChI is InChI=1S/C12H19NO.ClH/c1-4-10(2)13-9-11-5-7-12(14-3)8-6-11;/h5-8,10,13H,4,9H2,1-3H3;1H. The molecule has 1 aromatic rings. The van der Waals surface area contributed by atoms with Crippen LogP contribution in [0.2, 0.25) is 0 Å². The van der Waals surface area contributed by atoms with Gasteiger partial charge in [-0.05, 0) is 31.0 Å². The number of hydrogen-bond donors (Lipinski definition) is 1. The molecule has 1 rings (SSSR count). The molecule has 0 saturated carbocycles. The van der Waals surface area contributed by atoms with Crippen LogP contribution < -0.4 is 10.1 Å². The van der Waals surface area contributed by atoms with Crippen molar-refractivity contribution in [2.24, 2.45) is 0 Å². The van der Waals surface area contributed by atoms with Gasteiger partial charge in [-0.2, -0.15) is 0 Å². The van der Waals surface area contributed by atoms with Crippen molar-refractivity contribution in [1.29, 1.82) is 0 Å². The van der Waals surface area contributed by atoms with Crippen LogP contribution in [0.15, 0.2) is 24.3 Å². The highest BCUT2D eigenvalue weighted by atomic mass is 35.5. The molecule has 0 amide bonds. The number of hydrogen-bond acceptors (Lipinski definition) is 2. The molecule has 0 aliphatic rings. The summed E-state index contributed by atoms with van der Waals surface area (Å²) in [6.45, 7) is 5.31. The second-order valence-electron chi connectivity index (χ2n) is 3.54. The molecular weight excluding hydrogens is 210 g/mol. The molecular formula is C12H20ClNO. The summed E-state index contributed by atoms with van der Waals surface area (Å²) in [5, 5.41) is 3.45. The van der Waals surface area contributed by atoms with Gasteiger partial charge in [-0.15, -0.1) is 12.4 Å². The lowest BCUT2D eigenvalue weighted by molar-refractivity contribution is 0.414. The Bertz CT molecular complexity index is 261. The van der Waals surface area contributed by atoms with E-state index in [2.05, 4.69) is 31.3 Å². The van der Waals surface area contributed by atoms with Crippen molar-refractivity contribution in [1.82, 2.24) is 5.32 Å². The fraction of sp³-hybridized carbons (Fsp3) is 0.500. The third-order valence-electron chi connectivity index (χ3n) is 2.43. The molecule has 0 bridgehead atoms. The summed E-state index contributed by atoms with van der Waals surface area (Å²) < 4.78 is 5.10. The Kier molecular flexibility index (Phi) is 7.18. The molecule has 1 unspecified atom stereocenters. The van der Waals surface area contributed by atoms with Crippen molar-refractivity contribution in [2.75, 3.05) is 7.11 Å². The highest BCUT2D eigenvalue weighted by molar-refractivity contribution is 5.85. The number of ether oxygens (including phenoxy) is 1. The molecule has 2 nitrogen and oxygen atoms in total. The van der Waals surface area contributed by atoms with E-state index in [1.807, 2.05) is 12.1 Å². The average Bonchev–Trinajstić information content (AvgIpc) is 2.26. The highest BCUT2D eigenvalue weighted by Crippen LogP contribution is 2.11. The lowest BCUT2D eigenvalue weighted by Gasteiger charge is -2.11. The van der Waals surface area contributed by atoms with Gasteiger partial charge in [-0.3, -0.25) is 0 Å². The van der Waals surface area contributed by atoms with Crippen LogP contribution in [0.4, 0.5) is 0 Å². The van der Waals surface area contributed by atoms with Crippen LogP contribution in [0.3, 0.4) is 0 Å². The third kappa shape index (κ3) is 5.05. The monoisotopic (exact) mass is 229 g/mol. The van der Waals surface area contributed by atoms with Crippen LogP contribution in [0, 0.1) is 0 Å². The molecule has 1 atom stereocenters. The predicted molar refractivity (Wildman–Crippen MR) is 66.8 cm³/mol. The van der Waals surface area contributed by atoms with Crippen molar-refractivity contribution >= 4 is 12.4 Å². The molecule has 0 radical (unpaired) electrons. The maximum absolute atomic E-state index is 5.10. The highest BCUT2D eigenvalue weighted by Gasteiger charge is 1.98. The number of benzene rings is 1. The minimum Gasteiger partial charge on any atom is -0.497 e. The van der Waals surface area contributed by atoms with Crippen molar-refractivity contribution < 1.29 is 4.74 Å². The first-order valence-corrected chi connectivity index (χ1v) is 5.12. The van der Waals surface area contributed by atoms with Gasteiger partial charge in [0.15, 0.2) is 0 Å². The smallest absolute Gasteiger partial charge is 0.118 e. The summed E-state index contributed by atoms with van der Waals surface area (Å²) in [5.41, 5.74) is 1.30. The van der Waals surface area contributed by atoms with E-state index in [0.29, 0.717) is 6.04 Å². The van der Waals surface area contributed by atoms with Crippen LogP contribution >= 0.6 is 12.4 Å². The molecule has 3 heteroatoms. The van der Waals surface area contributed by atoms with E-state index < -0.39 is 0 Å². The van der Waals surface area contributed by atoms with E-state index in [1.54, 1.807) is 7.11 Å². The quantitative estimate of drug-likeness (QED) is 0.838. The van der Waals surface area contributed by atoms with Gasteiger partial charge in [0.1, 0.15) is 5.75 Å². The maximum Gasteiger partial charge on any atom is 0.118 e. The first-order chi connectivity index (χ1) is 6.76. The molecule has 15 heavy (non-hydrogen) atoms. The SMILES string of the molecule is CCC(C)NCc1ccc(OC)cc1.Cl. The van der Waals surface area contributed by atoms with E-state index in [-0.39, 0.29) is 12.4 Å². The second-order valence-corrected chi connectivity index (χ2v) is 3.54. The first-order valence-electron chi connectivity index (χ1n) is 5.12.